The maximum atomic E-state index is 6.06. The van der Waals surface area contributed by atoms with Gasteiger partial charge in [-0.15, -0.1) is 0 Å². The summed E-state index contributed by atoms with van der Waals surface area (Å²) in [5.74, 6) is 0.771. The molecular formula is C18H24N4O2. The zero-order valence-corrected chi connectivity index (χ0v) is 14.3. The summed E-state index contributed by atoms with van der Waals surface area (Å²) < 4.78 is 11.2. The molecule has 2 atom stereocenters. The van der Waals surface area contributed by atoms with Gasteiger partial charge in [-0.1, -0.05) is 6.07 Å². The first kappa shape index (κ1) is 16.8. The molecule has 6 heteroatoms. The molecule has 1 aliphatic rings. The molecule has 1 fully saturated rings. The number of nitrogens with zero attached hydrogens (tertiary/aromatic N) is 4. The molecule has 0 radical (unpaired) electrons. The molecule has 0 aliphatic carbocycles. The third-order valence-electron chi connectivity index (χ3n) is 4.30. The monoisotopic (exact) mass is 328 g/mol. The van der Waals surface area contributed by atoms with Crippen molar-refractivity contribution in [3.05, 3.63) is 48.0 Å². The largest absolute Gasteiger partial charge is 0.382 e. The quantitative estimate of drug-likeness (QED) is 0.725. The second kappa shape index (κ2) is 8.17. The molecule has 1 saturated heterocycles. The Bertz CT molecular complexity index is 621. The van der Waals surface area contributed by atoms with Crippen LogP contribution in [0.3, 0.4) is 0 Å². The van der Waals surface area contributed by atoms with E-state index in [0.717, 1.165) is 30.9 Å². The molecule has 0 spiro atoms. The first-order chi connectivity index (χ1) is 11.8. The Morgan fingerprint density at radius 2 is 2.04 bits per heavy atom. The van der Waals surface area contributed by atoms with Gasteiger partial charge in [-0.25, -0.2) is 9.97 Å². The Kier molecular flexibility index (Phi) is 5.72. The Labute approximate surface area is 142 Å². The topological polar surface area (TPSA) is 60.4 Å². The van der Waals surface area contributed by atoms with Gasteiger partial charge in [0.2, 0.25) is 5.95 Å². The van der Waals surface area contributed by atoms with E-state index in [1.165, 1.54) is 5.56 Å². The van der Waals surface area contributed by atoms with E-state index >= 15 is 0 Å². The highest BCUT2D eigenvalue weighted by Gasteiger charge is 2.36. The van der Waals surface area contributed by atoms with E-state index in [2.05, 4.69) is 25.9 Å². The fraction of sp³-hybridized carbons (Fsp3) is 0.500. The summed E-state index contributed by atoms with van der Waals surface area (Å²) in [5.41, 5.74) is 2.26. The summed E-state index contributed by atoms with van der Waals surface area (Å²) in [7, 11) is 1.69. The number of aromatic nitrogens is 3. The van der Waals surface area contributed by atoms with Crippen LogP contribution in [0.2, 0.25) is 0 Å². The number of hydrogen-bond acceptors (Lipinski definition) is 6. The van der Waals surface area contributed by atoms with Crippen molar-refractivity contribution in [3.63, 3.8) is 0 Å². The maximum absolute atomic E-state index is 6.06. The number of methoxy groups -OCH3 is 1. The van der Waals surface area contributed by atoms with Crippen molar-refractivity contribution in [1.82, 2.24) is 15.0 Å². The van der Waals surface area contributed by atoms with Crippen molar-refractivity contribution in [1.29, 1.82) is 0 Å². The minimum Gasteiger partial charge on any atom is -0.382 e. The van der Waals surface area contributed by atoms with E-state index in [1.807, 2.05) is 31.6 Å². The summed E-state index contributed by atoms with van der Waals surface area (Å²) in [6, 6.07) is 4.28. The highest BCUT2D eigenvalue weighted by Crippen LogP contribution is 2.27. The van der Waals surface area contributed by atoms with Gasteiger partial charge in [0.1, 0.15) is 0 Å². The van der Waals surface area contributed by atoms with Crippen LogP contribution in [0, 0.1) is 6.92 Å². The lowest BCUT2D eigenvalue weighted by atomic mass is 10.0. The second-order valence-electron chi connectivity index (χ2n) is 6.08. The van der Waals surface area contributed by atoms with E-state index < -0.39 is 0 Å². The Morgan fingerprint density at radius 3 is 2.75 bits per heavy atom. The molecule has 0 unspecified atom stereocenters. The van der Waals surface area contributed by atoms with Crippen LogP contribution >= 0.6 is 0 Å². The lowest BCUT2D eigenvalue weighted by Gasteiger charge is -2.28. The Hall–Kier alpha value is -2.05. The van der Waals surface area contributed by atoms with Crippen LogP contribution in [0.25, 0.3) is 0 Å². The molecule has 24 heavy (non-hydrogen) atoms. The Morgan fingerprint density at radius 1 is 1.21 bits per heavy atom. The molecule has 2 aromatic rings. The fourth-order valence-corrected chi connectivity index (χ4v) is 3.09. The third kappa shape index (κ3) is 4.07. The van der Waals surface area contributed by atoms with Crippen LogP contribution in [-0.4, -0.2) is 54.0 Å². The van der Waals surface area contributed by atoms with Gasteiger partial charge in [-0.2, -0.15) is 0 Å². The van der Waals surface area contributed by atoms with Crippen molar-refractivity contribution in [2.24, 2.45) is 0 Å². The van der Waals surface area contributed by atoms with Crippen molar-refractivity contribution in [3.8, 4) is 0 Å². The minimum atomic E-state index is 0.144. The van der Waals surface area contributed by atoms with Crippen LogP contribution in [0.1, 0.15) is 17.5 Å². The number of rotatable bonds is 7. The average molecular weight is 328 g/mol. The van der Waals surface area contributed by atoms with E-state index in [0.29, 0.717) is 13.2 Å². The van der Waals surface area contributed by atoms with Crippen LogP contribution in [0.5, 0.6) is 0 Å². The SMILES string of the molecule is COCCO[C@@H]1CCN(c2ncc(C)cn2)[C@@H]1Cc1cccnc1. The highest BCUT2D eigenvalue weighted by molar-refractivity contribution is 5.36. The molecule has 3 heterocycles. The first-order valence-corrected chi connectivity index (χ1v) is 8.32. The van der Waals surface area contributed by atoms with Gasteiger partial charge < -0.3 is 14.4 Å². The number of pyridine rings is 1. The summed E-state index contributed by atoms with van der Waals surface area (Å²) >= 11 is 0. The normalized spacial score (nSPS) is 20.5. The van der Waals surface area contributed by atoms with Crippen LogP contribution < -0.4 is 4.90 Å². The third-order valence-corrected chi connectivity index (χ3v) is 4.30. The molecule has 0 bridgehead atoms. The molecule has 6 nitrogen and oxygen atoms in total. The molecule has 1 aliphatic heterocycles. The van der Waals surface area contributed by atoms with Crippen molar-refractivity contribution in [2.75, 3.05) is 31.8 Å². The van der Waals surface area contributed by atoms with Crippen LogP contribution in [-0.2, 0) is 15.9 Å². The first-order valence-electron chi connectivity index (χ1n) is 8.32. The summed E-state index contributed by atoms with van der Waals surface area (Å²) in [6.07, 6.45) is 9.41. The van der Waals surface area contributed by atoms with E-state index in [1.54, 1.807) is 13.3 Å². The number of anilines is 1. The van der Waals surface area contributed by atoms with Crippen LogP contribution in [0.4, 0.5) is 5.95 Å². The van der Waals surface area contributed by atoms with Crippen LogP contribution in [0.15, 0.2) is 36.9 Å². The number of hydrogen-bond donors (Lipinski definition) is 0. The molecule has 0 N–H and O–H groups in total. The zero-order valence-electron chi connectivity index (χ0n) is 14.3. The van der Waals surface area contributed by atoms with Crippen molar-refractivity contribution in [2.45, 2.75) is 31.9 Å². The van der Waals surface area contributed by atoms with E-state index in [4.69, 9.17) is 9.47 Å². The standard InChI is InChI=1S/C18H24N4O2/c1-14-11-20-18(21-12-14)22-7-5-17(24-9-8-23-2)16(22)10-15-4-3-6-19-13-15/h3-4,6,11-13,16-17H,5,7-10H2,1-2H3/t16-,17-/m1/s1. The average Bonchev–Trinajstić information content (AvgIpc) is 2.99. The molecule has 3 rings (SSSR count). The molecule has 128 valence electrons. The fourth-order valence-electron chi connectivity index (χ4n) is 3.09. The smallest absolute Gasteiger partial charge is 0.225 e. The second-order valence-corrected chi connectivity index (χ2v) is 6.08. The summed E-state index contributed by atoms with van der Waals surface area (Å²) in [5, 5.41) is 0. The molecular weight excluding hydrogens is 304 g/mol. The van der Waals surface area contributed by atoms with Gasteiger partial charge in [0.15, 0.2) is 0 Å². The molecule has 0 aromatic carbocycles. The highest BCUT2D eigenvalue weighted by atomic mass is 16.5. The minimum absolute atomic E-state index is 0.144. The molecule has 2 aromatic heterocycles. The van der Waals surface area contributed by atoms with Gasteiger partial charge in [0, 0.05) is 38.4 Å². The van der Waals surface area contributed by atoms with Gasteiger partial charge in [-0.05, 0) is 37.0 Å². The predicted octanol–water partition coefficient (Wildman–Crippen LogP) is 2.03. The van der Waals surface area contributed by atoms with Gasteiger partial charge in [0.25, 0.3) is 0 Å². The van der Waals surface area contributed by atoms with E-state index in [9.17, 15) is 0 Å². The van der Waals surface area contributed by atoms with Gasteiger partial charge in [0.05, 0.1) is 25.4 Å². The summed E-state index contributed by atoms with van der Waals surface area (Å²) in [6.45, 7) is 4.10. The maximum Gasteiger partial charge on any atom is 0.225 e. The van der Waals surface area contributed by atoms with Gasteiger partial charge in [-0.3, -0.25) is 4.98 Å². The van der Waals surface area contributed by atoms with Gasteiger partial charge >= 0.3 is 0 Å². The zero-order chi connectivity index (χ0) is 16.8. The van der Waals surface area contributed by atoms with Crippen molar-refractivity contribution >= 4 is 5.95 Å². The summed E-state index contributed by atoms with van der Waals surface area (Å²) in [4.78, 5) is 15.5. The Balaban J connectivity index is 1.77. The predicted molar refractivity (Wildman–Crippen MR) is 92.1 cm³/mol. The molecule has 0 amide bonds. The lowest BCUT2D eigenvalue weighted by Crippen LogP contribution is -2.39. The lowest BCUT2D eigenvalue weighted by molar-refractivity contribution is 0.0136. The number of aryl methyl sites for hydroxylation is 1. The molecule has 0 saturated carbocycles. The van der Waals surface area contributed by atoms with E-state index in [-0.39, 0.29) is 12.1 Å². The number of ether oxygens (including phenoxy) is 2. The van der Waals surface area contributed by atoms with Crippen molar-refractivity contribution < 1.29 is 9.47 Å².